The molecule has 6 amide bonds. The van der Waals surface area contributed by atoms with Crippen LogP contribution in [0.5, 0.6) is 0 Å². The first kappa shape index (κ1) is 56.5. The van der Waals surface area contributed by atoms with Gasteiger partial charge in [0.2, 0.25) is 35.4 Å². The van der Waals surface area contributed by atoms with Gasteiger partial charge in [0.25, 0.3) is 0 Å². The van der Waals surface area contributed by atoms with Crippen LogP contribution in [0.1, 0.15) is 117 Å². The fourth-order valence-corrected chi connectivity index (χ4v) is 8.41. The van der Waals surface area contributed by atoms with Crippen molar-refractivity contribution in [3.63, 3.8) is 0 Å². The normalized spacial score (nSPS) is 15.0. The van der Waals surface area contributed by atoms with E-state index >= 15 is 0 Å². The molecule has 0 saturated carbocycles. The van der Waals surface area contributed by atoms with E-state index in [1.165, 1.54) is 0 Å². The lowest BCUT2D eigenvalue weighted by atomic mass is 9.83. The average Bonchev–Trinajstić information content (AvgIpc) is 3.73. The molecule has 0 bridgehead atoms. The predicted molar refractivity (Wildman–Crippen MR) is 271 cm³/mol. The van der Waals surface area contributed by atoms with Gasteiger partial charge in [0, 0.05) is 35.9 Å². The Kier molecular flexibility index (Phi) is 20.9. The SMILES string of the molecule is CC[C@H](C)[C@H](NC(=O)[C@H](CC(=O)O)NC(=O)[C@H](CC(C)C)NC(=O)[C@H](NC(=O)CC(C)(C)C)C(c1ccccc1)c1ccccc1)C(=O)N[C@H](C(=O)N[C@@H](Cc1c[nH]c2ccccc12)C(=O)O)[C@@H](C)CC. The standard InChI is InChI=1S/C54H73N7O10/c1-10-32(5)45(50(67)58-41(53(70)71)27-36-30-55-38-25-19-18-24-37(36)38)61-51(68)46(33(6)11-2)60-49(66)40(28-43(63)64)56-48(65)39(26-31(3)4)57-52(69)47(59-42(62)29-54(7,8)9)44(34-20-14-12-15-21-34)35-22-16-13-17-23-35/h12-25,30-33,39-41,44-47,55H,10-11,26-29H2,1-9H3,(H,56,65)(H,57,69)(H,58,67)(H,59,62)(H,60,66)(H,61,68)(H,63,64)(H,70,71)/t32-,33-,39-,40-,41-,45-,46-,47+/m0/s1. The number of aromatic amines is 1. The molecule has 0 aliphatic carbocycles. The molecule has 4 aromatic rings. The molecule has 0 radical (unpaired) electrons. The molecule has 0 aliphatic heterocycles. The van der Waals surface area contributed by atoms with E-state index in [0.717, 1.165) is 22.0 Å². The Morgan fingerprint density at radius 3 is 1.54 bits per heavy atom. The molecule has 4 rings (SSSR count). The summed E-state index contributed by atoms with van der Waals surface area (Å²) in [7, 11) is 0. The van der Waals surface area contributed by atoms with E-state index in [0.29, 0.717) is 18.4 Å². The number of amides is 6. The lowest BCUT2D eigenvalue weighted by Gasteiger charge is -2.32. The van der Waals surface area contributed by atoms with Crippen molar-refractivity contribution < 1.29 is 48.6 Å². The van der Waals surface area contributed by atoms with E-state index in [1.807, 2.05) is 120 Å². The van der Waals surface area contributed by atoms with Crippen LogP contribution in [0, 0.1) is 23.2 Å². The highest BCUT2D eigenvalue weighted by atomic mass is 16.4. The Morgan fingerprint density at radius 2 is 1.03 bits per heavy atom. The molecule has 71 heavy (non-hydrogen) atoms. The van der Waals surface area contributed by atoms with Crippen LogP contribution >= 0.6 is 0 Å². The predicted octanol–water partition coefficient (Wildman–Crippen LogP) is 5.59. The Bertz CT molecular complexity index is 2410. The third kappa shape index (κ3) is 16.8. The third-order valence-electron chi connectivity index (χ3n) is 12.6. The van der Waals surface area contributed by atoms with Crippen molar-refractivity contribution in [2.45, 2.75) is 143 Å². The molecule has 0 fully saturated rings. The molecule has 1 heterocycles. The number of H-pyrrole nitrogens is 1. The lowest BCUT2D eigenvalue weighted by Crippen LogP contribution is -2.61. The van der Waals surface area contributed by atoms with Crippen molar-refractivity contribution >= 4 is 58.3 Å². The van der Waals surface area contributed by atoms with Crippen LogP contribution in [0.3, 0.4) is 0 Å². The number of fused-ring (bicyclic) bond motifs is 1. The quantitative estimate of drug-likeness (QED) is 0.0377. The Morgan fingerprint density at radius 1 is 0.563 bits per heavy atom. The number of carbonyl (C=O) groups excluding carboxylic acids is 6. The second-order valence-corrected chi connectivity index (χ2v) is 20.1. The minimum absolute atomic E-state index is 0.0489. The highest BCUT2D eigenvalue weighted by molar-refractivity contribution is 5.98. The van der Waals surface area contributed by atoms with Gasteiger partial charge in [-0.05, 0) is 52.3 Å². The molecule has 9 N–H and O–H groups in total. The van der Waals surface area contributed by atoms with Gasteiger partial charge in [-0.2, -0.15) is 0 Å². The van der Waals surface area contributed by atoms with Gasteiger partial charge in [-0.15, -0.1) is 0 Å². The number of aliphatic carboxylic acids is 2. The van der Waals surface area contributed by atoms with Crippen LogP contribution in [-0.2, 0) is 44.8 Å². The van der Waals surface area contributed by atoms with Crippen LogP contribution in [0.2, 0.25) is 0 Å². The summed E-state index contributed by atoms with van der Waals surface area (Å²) in [5, 5.41) is 37.2. The summed E-state index contributed by atoms with van der Waals surface area (Å²) in [6.45, 7) is 16.3. The molecule has 0 unspecified atom stereocenters. The second-order valence-electron chi connectivity index (χ2n) is 20.1. The molecule has 8 atom stereocenters. The zero-order valence-corrected chi connectivity index (χ0v) is 42.3. The first-order valence-corrected chi connectivity index (χ1v) is 24.4. The largest absolute Gasteiger partial charge is 0.481 e. The minimum atomic E-state index is -1.73. The van der Waals surface area contributed by atoms with Crippen molar-refractivity contribution in [1.29, 1.82) is 0 Å². The molecular formula is C54H73N7O10. The van der Waals surface area contributed by atoms with Gasteiger partial charge >= 0.3 is 11.9 Å². The molecule has 1 aromatic heterocycles. The zero-order chi connectivity index (χ0) is 52.6. The van der Waals surface area contributed by atoms with Crippen molar-refractivity contribution in [1.82, 2.24) is 36.9 Å². The molecule has 0 saturated heterocycles. The summed E-state index contributed by atoms with van der Waals surface area (Å²) in [5.41, 5.74) is 2.48. The molecule has 384 valence electrons. The van der Waals surface area contributed by atoms with Gasteiger partial charge in [-0.1, -0.05) is 154 Å². The first-order valence-electron chi connectivity index (χ1n) is 24.4. The Hall–Kier alpha value is -7.04. The van der Waals surface area contributed by atoms with Gasteiger partial charge in [0.15, 0.2) is 0 Å². The Labute approximate surface area is 416 Å². The summed E-state index contributed by atoms with van der Waals surface area (Å²) in [4.78, 5) is 113. The van der Waals surface area contributed by atoms with Crippen molar-refractivity contribution in [3.8, 4) is 0 Å². The van der Waals surface area contributed by atoms with Gasteiger partial charge in [-0.25, -0.2) is 4.79 Å². The summed E-state index contributed by atoms with van der Waals surface area (Å²) >= 11 is 0. The minimum Gasteiger partial charge on any atom is -0.481 e. The van der Waals surface area contributed by atoms with Crippen LogP contribution in [0.4, 0.5) is 0 Å². The number of para-hydroxylation sites is 1. The number of carbonyl (C=O) groups is 8. The van der Waals surface area contributed by atoms with Crippen molar-refractivity contribution in [2.24, 2.45) is 23.2 Å². The van der Waals surface area contributed by atoms with Crippen LogP contribution in [0.15, 0.2) is 91.1 Å². The van der Waals surface area contributed by atoms with Gasteiger partial charge in [0.1, 0.15) is 36.3 Å². The highest BCUT2D eigenvalue weighted by Gasteiger charge is 2.39. The first-order chi connectivity index (χ1) is 33.5. The lowest BCUT2D eigenvalue weighted by molar-refractivity contribution is -0.142. The smallest absolute Gasteiger partial charge is 0.326 e. The summed E-state index contributed by atoms with van der Waals surface area (Å²) in [6.07, 6.45) is 1.65. The summed E-state index contributed by atoms with van der Waals surface area (Å²) < 4.78 is 0. The van der Waals surface area contributed by atoms with Gasteiger partial charge < -0.3 is 47.1 Å². The highest BCUT2D eigenvalue weighted by Crippen LogP contribution is 2.30. The maximum atomic E-state index is 14.7. The molecule has 0 aliphatic rings. The maximum absolute atomic E-state index is 14.7. The van der Waals surface area contributed by atoms with E-state index in [9.17, 15) is 48.6 Å². The van der Waals surface area contributed by atoms with E-state index in [-0.39, 0.29) is 31.1 Å². The molecular weight excluding hydrogens is 907 g/mol. The van der Waals surface area contributed by atoms with Crippen molar-refractivity contribution in [2.75, 3.05) is 0 Å². The van der Waals surface area contributed by atoms with Gasteiger partial charge in [0.05, 0.1) is 6.42 Å². The fraction of sp³-hybridized carbons (Fsp3) is 0.481. The molecule has 3 aromatic carbocycles. The zero-order valence-electron chi connectivity index (χ0n) is 42.3. The summed E-state index contributed by atoms with van der Waals surface area (Å²) in [5.74, 6) is -9.18. The molecule has 17 nitrogen and oxygen atoms in total. The molecule has 0 spiro atoms. The van der Waals surface area contributed by atoms with Crippen LogP contribution in [-0.4, -0.2) is 98.8 Å². The fourth-order valence-electron chi connectivity index (χ4n) is 8.41. The monoisotopic (exact) mass is 980 g/mol. The molecule has 17 heteroatoms. The number of hydrogen-bond acceptors (Lipinski definition) is 8. The van der Waals surface area contributed by atoms with E-state index < -0.39 is 107 Å². The number of aromatic nitrogens is 1. The van der Waals surface area contributed by atoms with Gasteiger partial charge in [-0.3, -0.25) is 33.6 Å². The number of nitrogens with one attached hydrogen (secondary N) is 7. The number of hydrogen-bond donors (Lipinski definition) is 9. The second kappa shape index (κ2) is 26.2. The summed E-state index contributed by atoms with van der Waals surface area (Å²) in [6, 6.07) is 17.5. The number of carboxylic acids is 2. The number of carboxylic acid groups (broad SMARTS) is 2. The topological polar surface area (TPSA) is 265 Å². The van der Waals surface area contributed by atoms with Crippen LogP contribution < -0.4 is 31.9 Å². The Balaban J connectivity index is 1.59. The maximum Gasteiger partial charge on any atom is 0.326 e. The number of rotatable bonds is 26. The average molecular weight is 980 g/mol. The van der Waals surface area contributed by atoms with Crippen LogP contribution in [0.25, 0.3) is 10.9 Å². The number of benzene rings is 3. The van der Waals surface area contributed by atoms with Crippen molar-refractivity contribution in [3.05, 3.63) is 108 Å². The third-order valence-corrected chi connectivity index (χ3v) is 12.6. The van der Waals surface area contributed by atoms with E-state index in [4.69, 9.17) is 0 Å². The van der Waals surface area contributed by atoms with E-state index in [2.05, 4.69) is 36.9 Å². The van der Waals surface area contributed by atoms with E-state index in [1.54, 1.807) is 33.9 Å².